The van der Waals surface area contributed by atoms with E-state index in [1.54, 1.807) is 24.1 Å². The van der Waals surface area contributed by atoms with Gasteiger partial charge in [-0.1, -0.05) is 11.6 Å². The van der Waals surface area contributed by atoms with E-state index in [2.05, 4.69) is 15.6 Å². The van der Waals surface area contributed by atoms with Gasteiger partial charge < -0.3 is 10.6 Å². The summed E-state index contributed by atoms with van der Waals surface area (Å²) < 4.78 is 0. The zero-order valence-corrected chi connectivity index (χ0v) is 12.0. The molecule has 2 rings (SSSR count). The first-order valence-corrected chi connectivity index (χ1v) is 6.80. The number of rotatable bonds is 6. The Morgan fingerprint density at radius 1 is 1.35 bits per heavy atom. The van der Waals surface area contributed by atoms with Crippen LogP contribution in [0.2, 0.25) is 5.02 Å². The molecule has 1 aliphatic rings. The van der Waals surface area contributed by atoms with E-state index in [4.69, 9.17) is 11.6 Å². The van der Waals surface area contributed by atoms with Crippen molar-refractivity contribution in [3.8, 4) is 0 Å². The number of anilines is 1. The fourth-order valence-corrected chi connectivity index (χ4v) is 1.79. The van der Waals surface area contributed by atoms with Crippen LogP contribution in [0.3, 0.4) is 0 Å². The highest BCUT2D eigenvalue weighted by molar-refractivity contribution is 6.30. The summed E-state index contributed by atoms with van der Waals surface area (Å²) in [6.07, 6.45) is 3.57. The molecular weight excluding hydrogens is 280 g/mol. The molecule has 108 valence electrons. The molecule has 6 nitrogen and oxygen atoms in total. The predicted molar refractivity (Wildman–Crippen MR) is 76.5 cm³/mol. The van der Waals surface area contributed by atoms with Gasteiger partial charge in [0.15, 0.2) is 0 Å². The molecule has 0 aliphatic heterocycles. The zero-order valence-electron chi connectivity index (χ0n) is 11.2. The highest BCUT2D eigenvalue weighted by Crippen LogP contribution is 2.18. The first kappa shape index (κ1) is 14.7. The van der Waals surface area contributed by atoms with E-state index in [9.17, 15) is 9.59 Å². The summed E-state index contributed by atoms with van der Waals surface area (Å²) in [7, 11) is 1.72. The van der Waals surface area contributed by atoms with Crippen molar-refractivity contribution in [2.75, 3.05) is 25.5 Å². The van der Waals surface area contributed by atoms with Crippen LogP contribution in [0.1, 0.15) is 12.8 Å². The first-order chi connectivity index (χ1) is 9.52. The Morgan fingerprint density at radius 2 is 2.05 bits per heavy atom. The molecule has 7 heteroatoms. The lowest BCUT2D eigenvalue weighted by atomic mass is 10.4. The lowest BCUT2D eigenvalue weighted by Gasteiger charge is -2.15. The van der Waals surface area contributed by atoms with Crippen molar-refractivity contribution < 1.29 is 9.59 Å². The van der Waals surface area contributed by atoms with E-state index in [0.717, 1.165) is 12.8 Å². The topological polar surface area (TPSA) is 74.3 Å². The highest BCUT2D eigenvalue weighted by Gasteiger charge is 2.23. The molecule has 0 saturated heterocycles. The summed E-state index contributed by atoms with van der Waals surface area (Å²) in [5.41, 5.74) is 0. The lowest BCUT2D eigenvalue weighted by molar-refractivity contribution is -0.123. The number of amides is 2. The van der Waals surface area contributed by atoms with Crippen LogP contribution < -0.4 is 10.6 Å². The Labute approximate surface area is 122 Å². The van der Waals surface area contributed by atoms with Crippen molar-refractivity contribution in [2.24, 2.45) is 0 Å². The van der Waals surface area contributed by atoms with Crippen molar-refractivity contribution in [1.29, 1.82) is 0 Å². The summed E-state index contributed by atoms with van der Waals surface area (Å²) in [5, 5.41) is 6.03. The van der Waals surface area contributed by atoms with Crippen LogP contribution in [-0.4, -0.2) is 47.9 Å². The molecule has 0 atom stereocenters. The average molecular weight is 297 g/mol. The van der Waals surface area contributed by atoms with E-state index in [0.29, 0.717) is 16.9 Å². The SMILES string of the molecule is CN(CC(=O)Nc1ccc(Cl)cn1)CC(=O)NC1CC1. The third-order valence-corrected chi connectivity index (χ3v) is 2.99. The van der Waals surface area contributed by atoms with Gasteiger partial charge in [-0.15, -0.1) is 0 Å². The Balaban J connectivity index is 1.72. The molecule has 0 bridgehead atoms. The smallest absolute Gasteiger partial charge is 0.239 e. The van der Waals surface area contributed by atoms with Gasteiger partial charge in [0.2, 0.25) is 11.8 Å². The summed E-state index contributed by atoms with van der Waals surface area (Å²) >= 11 is 5.71. The second kappa shape index (κ2) is 6.67. The number of aromatic nitrogens is 1. The molecule has 1 fully saturated rings. The van der Waals surface area contributed by atoms with Crippen molar-refractivity contribution in [3.63, 3.8) is 0 Å². The van der Waals surface area contributed by atoms with Gasteiger partial charge in [0, 0.05) is 12.2 Å². The van der Waals surface area contributed by atoms with Gasteiger partial charge in [-0.2, -0.15) is 0 Å². The van der Waals surface area contributed by atoms with Gasteiger partial charge in [0.25, 0.3) is 0 Å². The van der Waals surface area contributed by atoms with E-state index in [1.165, 1.54) is 6.20 Å². The standard InChI is InChI=1S/C13H17ClN4O2/c1-18(7-12(19)16-10-3-4-10)8-13(20)17-11-5-2-9(14)6-15-11/h2,5-6,10H,3-4,7-8H2,1H3,(H,16,19)(H,15,17,20). The van der Waals surface area contributed by atoms with Crippen LogP contribution in [0.25, 0.3) is 0 Å². The van der Waals surface area contributed by atoms with Crippen LogP contribution in [0.15, 0.2) is 18.3 Å². The van der Waals surface area contributed by atoms with Crippen LogP contribution >= 0.6 is 11.6 Å². The summed E-state index contributed by atoms with van der Waals surface area (Å²) in [5.74, 6) is 0.171. The minimum Gasteiger partial charge on any atom is -0.352 e. The van der Waals surface area contributed by atoms with Gasteiger partial charge in [-0.3, -0.25) is 14.5 Å². The number of halogens is 1. The number of hydrogen-bond donors (Lipinski definition) is 2. The maximum Gasteiger partial charge on any atom is 0.239 e. The summed E-state index contributed by atoms with van der Waals surface area (Å²) in [6.45, 7) is 0.334. The van der Waals surface area contributed by atoms with E-state index in [1.807, 2.05) is 0 Å². The molecule has 1 aromatic rings. The molecule has 0 unspecified atom stereocenters. The molecule has 2 N–H and O–H groups in total. The molecule has 20 heavy (non-hydrogen) atoms. The molecule has 1 aromatic heterocycles. The number of carbonyl (C=O) groups excluding carboxylic acids is 2. The number of pyridine rings is 1. The Kier molecular flexibility index (Phi) is 4.92. The number of hydrogen-bond acceptors (Lipinski definition) is 4. The molecule has 1 heterocycles. The third-order valence-electron chi connectivity index (χ3n) is 2.76. The van der Waals surface area contributed by atoms with Gasteiger partial charge in [0.1, 0.15) is 5.82 Å². The van der Waals surface area contributed by atoms with Crippen LogP contribution in [0.4, 0.5) is 5.82 Å². The van der Waals surface area contributed by atoms with Crippen molar-refractivity contribution in [2.45, 2.75) is 18.9 Å². The summed E-state index contributed by atoms with van der Waals surface area (Å²) in [6, 6.07) is 3.61. The maximum absolute atomic E-state index is 11.8. The maximum atomic E-state index is 11.8. The lowest BCUT2D eigenvalue weighted by Crippen LogP contribution is -2.39. The fraction of sp³-hybridized carbons (Fsp3) is 0.462. The van der Waals surface area contributed by atoms with Gasteiger partial charge in [-0.25, -0.2) is 4.98 Å². The Morgan fingerprint density at radius 3 is 2.65 bits per heavy atom. The molecule has 0 spiro atoms. The zero-order chi connectivity index (χ0) is 14.5. The molecule has 0 radical (unpaired) electrons. The van der Waals surface area contributed by atoms with Crippen molar-refractivity contribution in [3.05, 3.63) is 23.4 Å². The average Bonchev–Trinajstić information content (AvgIpc) is 3.15. The first-order valence-electron chi connectivity index (χ1n) is 6.42. The van der Waals surface area contributed by atoms with Crippen LogP contribution in [0, 0.1) is 0 Å². The van der Waals surface area contributed by atoms with Crippen molar-refractivity contribution in [1.82, 2.24) is 15.2 Å². The minimum absolute atomic E-state index is 0.0487. The minimum atomic E-state index is -0.221. The molecule has 1 aliphatic carbocycles. The largest absolute Gasteiger partial charge is 0.352 e. The number of nitrogens with one attached hydrogen (secondary N) is 2. The Hall–Kier alpha value is -1.66. The third kappa shape index (κ3) is 5.14. The second-order valence-corrected chi connectivity index (χ2v) is 5.36. The molecular formula is C13H17ClN4O2. The monoisotopic (exact) mass is 296 g/mol. The Bertz CT molecular complexity index is 488. The van der Waals surface area contributed by atoms with Gasteiger partial charge >= 0.3 is 0 Å². The molecule has 2 amide bonds. The van der Waals surface area contributed by atoms with Gasteiger partial charge in [0.05, 0.1) is 18.1 Å². The van der Waals surface area contributed by atoms with E-state index >= 15 is 0 Å². The normalized spacial score (nSPS) is 14.2. The van der Waals surface area contributed by atoms with Crippen LogP contribution in [0.5, 0.6) is 0 Å². The van der Waals surface area contributed by atoms with Crippen LogP contribution in [-0.2, 0) is 9.59 Å². The summed E-state index contributed by atoms with van der Waals surface area (Å²) in [4.78, 5) is 29.0. The number of nitrogens with zero attached hydrogens (tertiary/aromatic N) is 2. The van der Waals surface area contributed by atoms with E-state index < -0.39 is 0 Å². The van der Waals surface area contributed by atoms with Gasteiger partial charge in [-0.05, 0) is 32.0 Å². The highest BCUT2D eigenvalue weighted by atomic mass is 35.5. The quantitative estimate of drug-likeness (QED) is 0.817. The number of likely N-dealkylation sites (N-methyl/N-ethyl adjacent to an activating group) is 1. The fourth-order valence-electron chi connectivity index (χ4n) is 1.68. The van der Waals surface area contributed by atoms with E-state index in [-0.39, 0.29) is 24.9 Å². The number of carbonyl (C=O) groups is 2. The second-order valence-electron chi connectivity index (χ2n) is 4.92. The van der Waals surface area contributed by atoms with Crippen molar-refractivity contribution >= 4 is 29.2 Å². The molecule has 1 saturated carbocycles. The molecule has 0 aromatic carbocycles. The predicted octanol–water partition coefficient (Wildman–Crippen LogP) is 0.884.